The lowest BCUT2D eigenvalue weighted by atomic mass is 9.85. The molecule has 2 fully saturated rings. The Morgan fingerprint density at radius 3 is 2.95 bits per heavy atom. The van der Waals surface area contributed by atoms with E-state index >= 15 is 0 Å². The van der Waals surface area contributed by atoms with Crippen LogP contribution in [-0.4, -0.2) is 30.9 Å². The molecule has 1 aliphatic heterocycles. The van der Waals surface area contributed by atoms with Crippen molar-refractivity contribution in [2.45, 2.75) is 44.7 Å². The van der Waals surface area contributed by atoms with Gasteiger partial charge in [0.2, 0.25) is 0 Å². The molecule has 1 saturated heterocycles. The molecule has 2 unspecified atom stereocenters. The van der Waals surface area contributed by atoms with Crippen molar-refractivity contribution in [2.24, 2.45) is 5.92 Å². The Balaban J connectivity index is 1.78. The molecule has 3 heteroatoms. The van der Waals surface area contributed by atoms with Crippen LogP contribution in [0.4, 0.5) is 0 Å². The first-order valence-corrected chi connectivity index (χ1v) is 7.68. The number of hydrogen-bond acceptors (Lipinski definition) is 3. The maximum absolute atomic E-state index is 11.0. The van der Waals surface area contributed by atoms with Crippen molar-refractivity contribution in [1.29, 1.82) is 0 Å². The number of fused-ring (bicyclic) bond motifs is 1. The topological polar surface area (TPSA) is 29.5 Å². The number of methoxy groups -OCH3 is 1. The summed E-state index contributed by atoms with van der Waals surface area (Å²) in [6.45, 7) is 2.09. The monoisotopic (exact) mass is 273 g/mol. The lowest BCUT2D eigenvalue weighted by Crippen LogP contribution is -2.34. The van der Waals surface area contributed by atoms with Gasteiger partial charge in [-0.05, 0) is 49.9 Å². The molecule has 1 heterocycles. The Bertz CT molecular complexity index is 486. The van der Waals surface area contributed by atoms with Crippen LogP contribution in [0.15, 0.2) is 18.2 Å². The van der Waals surface area contributed by atoms with E-state index in [0.717, 1.165) is 41.7 Å². The predicted molar refractivity (Wildman–Crippen MR) is 79.2 cm³/mol. The van der Waals surface area contributed by atoms with Crippen molar-refractivity contribution >= 4 is 6.29 Å². The Hall–Kier alpha value is -1.35. The average molecular weight is 273 g/mol. The highest BCUT2D eigenvalue weighted by Gasteiger charge is 2.35. The fraction of sp³-hybridized carbons (Fsp3) is 0.588. The molecule has 0 radical (unpaired) electrons. The molecule has 3 nitrogen and oxygen atoms in total. The predicted octanol–water partition coefficient (Wildman–Crippen LogP) is 3.27. The van der Waals surface area contributed by atoms with Gasteiger partial charge in [-0.15, -0.1) is 0 Å². The molecule has 0 N–H and O–H groups in total. The second-order valence-electron chi connectivity index (χ2n) is 6.06. The van der Waals surface area contributed by atoms with Crippen LogP contribution in [0.25, 0.3) is 0 Å². The van der Waals surface area contributed by atoms with Gasteiger partial charge >= 0.3 is 0 Å². The van der Waals surface area contributed by atoms with Gasteiger partial charge < -0.3 is 4.74 Å². The molecule has 3 rings (SSSR count). The highest BCUT2D eigenvalue weighted by atomic mass is 16.5. The van der Waals surface area contributed by atoms with Crippen molar-refractivity contribution in [3.63, 3.8) is 0 Å². The molecule has 0 bridgehead atoms. The summed E-state index contributed by atoms with van der Waals surface area (Å²) in [5.41, 5.74) is 1.88. The number of rotatable bonds is 4. The minimum absolute atomic E-state index is 0.736. The summed E-state index contributed by atoms with van der Waals surface area (Å²) < 4.78 is 5.45. The van der Waals surface area contributed by atoms with Crippen molar-refractivity contribution in [3.8, 4) is 5.75 Å². The number of carbonyl (C=O) groups excluding carboxylic acids is 1. The van der Waals surface area contributed by atoms with E-state index in [-0.39, 0.29) is 0 Å². The number of aldehydes is 1. The summed E-state index contributed by atoms with van der Waals surface area (Å²) >= 11 is 0. The van der Waals surface area contributed by atoms with Crippen LogP contribution >= 0.6 is 0 Å². The van der Waals surface area contributed by atoms with Gasteiger partial charge in [-0.3, -0.25) is 9.69 Å². The number of hydrogen-bond donors (Lipinski definition) is 0. The van der Waals surface area contributed by atoms with Crippen molar-refractivity contribution in [2.75, 3.05) is 13.7 Å². The third-order valence-corrected chi connectivity index (χ3v) is 4.94. The molecule has 1 aliphatic carbocycles. The fourth-order valence-corrected chi connectivity index (χ4v) is 3.91. The van der Waals surface area contributed by atoms with Gasteiger partial charge in [0.25, 0.3) is 0 Å². The Morgan fingerprint density at radius 2 is 2.15 bits per heavy atom. The standard InChI is InChI=1S/C17H23NO2/c1-20-17-7-6-13(12-19)10-15(17)11-18-9-8-14-4-2-3-5-16(14)18/h6-7,10,12,14,16H,2-5,8-9,11H2,1H3. The molecule has 108 valence electrons. The van der Waals surface area contributed by atoms with Crippen LogP contribution in [0.3, 0.4) is 0 Å². The third kappa shape index (κ3) is 2.59. The summed E-state index contributed by atoms with van der Waals surface area (Å²) in [6.07, 6.45) is 7.74. The van der Waals surface area contributed by atoms with Gasteiger partial charge in [0, 0.05) is 23.7 Å². The van der Waals surface area contributed by atoms with E-state index in [4.69, 9.17) is 4.74 Å². The maximum Gasteiger partial charge on any atom is 0.150 e. The van der Waals surface area contributed by atoms with Gasteiger partial charge in [-0.1, -0.05) is 12.8 Å². The second-order valence-corrected chi connectivity index (χ2v) is 6.06. The van der Waals surface area contributed by atoms with Crippen molar-refractivity contribution < 1.29 is 9.53 Å². The first-order chi connectivity index (χ1) is 9.81. The van der Waals surface area contributed by atoms with Crippen LogP contribution in [0, 0.1) is 5.92 Å². The summed E-state index contributed by atoms with van der Waals surface area (Å²) in [7, 11) is 1.70. The van der Waals surface area contributed by atoms with E-state index in [0.29, 0.717) is 0 Å². The molecule has 0 spiro atoms. The maximum atomic E-state index is 11.0. The molecule has 0 amide bonds. The number of likely N-dealkylation sites (tertiary alicyclic amines) is 1. The van der Waals surface area contributed by atoms with E-state index in [2.05, 4.69) is 4.90 Å². The SMILES string of the molecule is COc1ccc(C=O)cc1CN1CCC2CCCCC21. The molecule has 1 saturated carbocycles. The van der Waals surface area contributed by atoms with Gasteiger partial charge in [-0.25, -0.2) is 0 Å². The van der Waals surface area contributed by atoms with Crippen molar-refractivity contribution in [1.82, 2.24) is 4.90 Å². The molecule has 2 atom stereocenters. The first-order valence-electron chi connectivity index (χ1n) is 7.68. The summed E-state index contributed by atoms with van der Waals surface area (Å²) in [5.74, 6) is 1.79. The van der Waals surface area contributed by atoms with Gasteiger partial charge in [0.1, 0.15) is 12.0 Å². The summed E-state index contributed by atoms with van der Waals surface area (Å²) in [4.78, 5) is 13.6. The van der Waals surface area contributed by atoms with E-state index in [1.165, 1.54) is 38.6 Å². The van der Waals surface area contributed by atoms with Gasteiger partial charge in [0.05, 0.1) is 7.11 Å². The zero-order valence-corrected chi connectivity index (χ0v) is 12.2. The molecule has 1 aromatic carbocycles. The lowest BCUT2D eigenvalue weighted by molar-refractivity contribution is 0.112. The van der Waals surface area contributed by atoms with Crippen LogP contribution in [0.5, 0.6) is 5.75 Å². The van der Waals surface area contributed by atoms with E-state index in [1.54, 1.807) is 7.11 Å². The van der Waals surface area contributed by atoms with Crippen LogP contribution < -0.4 is 4.74 Å². The van der Waals surface area contributed by atoms with Crippen LogP contribution in [-0.2, 0) is 6.54 Å². The number of carbonyl (C=O) groups is 1. The van der Waals surface area contributed by atoms with E-state index in [1.807, 2.05) is 18.2 Å². The quantitative estimate of drug-likeness (QED) is 0.789. The molecule has 20 heavy (non-hydrogen) atoms. The fourth-order valence-electron chi connectivity index (χ4n) is 3.91. The van der Waals surface area contributed by atoms with Crippen LogP contribution in [0.2, 0.25) is 0 Å². The number of nitrogens with zero attached hydrogens (tertiary/aromatic N) is 1. The second kappa shape index (κ2) is 5.96. The molecular weight excluding hydrogens is 250 g/mol. The smallest absolute Gasteiger partial charge is 0.150 e. The third-order valence-electron chi connectivity index (χ3n) is 4.94. The Morgan fingerprint density at radius 1 is 1.30 bits per heavy atom. The van der Waals surface area contributed by atoms with Gasteiger partial charge in [-0.2, -0.15) is 0 Å². The largest absolute Gasteiger partial charge is 0.496 e. The minimum atomic E-state index is 0.736. The minimum Gasteiger partial charge on any atom is -0.496 e. The number of ether oxygens (including phenoxy) is 1. The van der Waals surface area contributed by atoms with Crippen molar-refractivity contribution in [3.05, 3.63) is 29.3 Å². The molecule has 0 aromatic heterocycles. The van der Waals surface area contributed by atoms with Gasteiger partial charge in [0.15, 0.2) is 0 Å². The summed E-state index contributed by atoms with van der Waals surface area (Å²) in [6, 6.07) is 6.45. The highest BCUT2D eigenvalue weighted by molar-refractivity contribution is 5.75. The normalized spacial score (nSPS) is 26.2. The molecule has 1 aromatic rings. The van der Waals surface area contributed by atoms with E-state index < -0.39 is 0 Å². The average Bonchev–Trinajstić information content (AvgIpc) is 2.90. The first kappa shape index (κ1) is 13.6. The molecular formula is C17H23NO2. The highest BCUT2D eigenvalue weighted by Crippen LogP contribution is 2.37. The Labute approximate surface area is 120 Å². The van der Waals surface area contributed by atoms with Crippen LogP contribution in [0.1, 0.15) is 48.0 Å². The van der Waals surface area contributed by atoms with E-state index in [9.17, 15) is 4.79 Å². The number of benzene rings is 1. The summed E-state index contributed by atoms with van der Waals surface area (Å²) in [5, 5.41) is 0. The molecule has 2 aliphatic rings. The lowest BCUT2D eigenvalue weighted by Gasteiger charge is -2.32. The zero-order chi connectivity index (χ0) is 13.9. The zero-order valence-electron chi connectivity index (χ0n) is 12.2. The Kier molecular flexibility index (Phi) is 4.06.